The molecule has 0 unspecified atom stereocenters. The van der Waals surface area contributed by atoms with Gasteiger partial charge in [0, 0.05) is 32.9 Å². The predicted molar refractivity (Wildman–Crippen MR) is 80.0 cm³/mol. The molecule has 0 bridgehead atoms. The number of rotatable bonds is 8. The van der Waals surface area contributed by atoms with E-state index in [0.29, 0.717) is 19.6 Å². The summed E-state index contributed by atoms with van der Waals surface area (Å²) in [6, 6.07) is 3.36. The first-order chi connectivity index (χ1) is 9.37. The highest BCUT2D eigenvalue weighted by atomic mass is 32.2. The molecular formula is C13H24N4O2S. The smallest absolute Gasteiger partial charge is 0.260 e. The van der Waals surface area contributed by atoms with E-state index in [9.17, 15) is 8.42 Å². The van der Waals surface area contributed by atoms with E-state index in [1.165, 1.54) is 4.31 Å². The van der Waals surface area contributed by atoms with Crippen molar-refractivity contribution in [3.05, 3.63) is 23.9 Å². The molecule has 0 aliphatic carbocycles. The van der Waals surface area contributed by atoms with Gasteiger partial charge in [-0.1, -0.05) is 13.0 Å². The maximum atomic E-state index is 12.3. The maximum absolute atomic E-state index is 12.3. The normalized spacial score (nSPS) is 12.3. The van der Waals surface area contributed by atoms with Crippen LogP contribution >= 0.6 is 0 Å². The average Bonchev–Trinajstić information content (AvgIpc) is 2.42. The standard InChI is InChI=1S/C13H24N4O2S/c1-5-14-10-12-6-7-13(15-11-12)20(18,19)17(4)9-8-16(2)3/h6-7,11,14H,5,8-10H2,1-4H3. The molecule has 0 aromatic carbocycles. The first-order valence-corrected chi connectivity index (χ1v) is 8.08. The molecule has 0 saturated carbocycles. The molecule has 1 N–H and O–H groups in total. The van der Waals surface area contributed by atoms with E-state index in [0.717, 1.165) is 12.1 Å². The molecule has 1 heterocycles. The summed E-state index contributed by atoms with van der Waals surface area (Å²) < 4.78 is 25.9. The van der Waals surface area contributed by atoms with Crippen molar-refractivity contribution in [2.45, 2.75) is 18.5 Å². The number of hydrogen-bond donors (Lipinski definition) is 1. The molecule has 6 nitrogen and oxygen atoms in total. The molecule has 0 saturated heterocycles. The molecule has 0 amide bonds. The van der Waals surface area contributed by atoms with Gasteiger partial charge >= 0.3 is 0 Å². The summed E-state index contributed by atoms with van der Waals surface area (Å²) in [7, 11) is 1.90. The number of pyridine rings is 1. The molecule has 0 spiro atoms. The Kier molecular flexibility index (Phi) is 6.54. The minimum Gasteiger partial charge on any atom is -0.313 e. The third-order valence-electron chi connectivity index (χ3n) is 2.91. The SMILES string of the molecule is CCNCc1ccc(S(=O)(=O)N(C)CCN(C)C)nc1. The molecular weight excluding hydrogens is 276 g/mol. The van der Waals surface area contributed by atoms with Crippen LogP contribution in [0.2, 0.25) is 0 Å². The lowest BCUT2D eigenvalue weighted by atomic mass is 10.3. The number of nitrogens with zero attached hydrogens (tertiary/aromatic N) is 3. The van der Waals surface area contributed by atoms with Crippen molar-refractivity contribution in [2.24, 2.45) is 0 Å². The van der Waals surface area contributed by atoms with Crippen molar-refractivity contribution in [3.8, 4) is 0 Å². The summed E-state index contributed by atoms with van der Waals surface area (Å²) in [5.74, 6) is 0. The topological polar surface area (TPSA) is 65.5 Å². The lowest BCUT2D eigenvalue weighted by Crippen LogP contribution is -2.34. The van der Waals surface area contributed by atoms with Crippen molar-refractivity contribution >= 4 is 10.0 Å². The first kappa shape index (κ1) is 17.0. The third-order valence-corrected chi connectivity index (χ3v) is 4.69. The van der Waals surface area contributed by atoms with Gasteiger partial charge in [0.05, 0.1) is 0 Å². The van der Waals surface area contributed by atoms with Crippen molar-refractivity contribution in [1.29, 1.82) is 0 Å². The van der Waals surface area contributed by atoms with Crippen LogP contribution in [0.3, 0.4) is 0 Å². The Morgan fingerprint density at radius 2 is 1.90 bits per heavy atom. The third kappa shape index (κ3) is 4.82. The molecule has 1 aromatic heterocycles. The monoisotopic (exact) mass is 300 g/mol. The number of nitrogens with one attached hydrogen (secondary N) is 1. The van der Waals surface area contributed by atoms with Gasteiger partial charge in [0.1, 0.15) is 0 Å². The van der Waals surface area contributed by atoms with Crippen molar-refractivity contribution in [1.82, 2.24) is 19.5 Å². The highest BCUT2D eigenvalue weighted by molar-refractivity contribution is 7.89. The van der Waals surface area contributed by atoms with Gasteiger partial charge in [0.25, 0.3) is 10.0 Å². The molecule has 0 atom stereocenters. The Morgan fingerprint density at radius 1 is 1.20 bits per heavy atom. The number of hydrogen-bond acceptors (Lipinski definition) is 5. The van der Waals surface area contributed by atoms with Crippen molar-refractivity contribution < 1.29 is 8.42 Å². The Balaban J connectivity index is 2.76. The fraction of sp³-hybridized carbons (Fsp3) is 0.615. The molecule has 7 heteroatoms. The van der Waals surface area contributed by atoms with E-state index in [1.54, 1.807) is 25.4 Å². The first-order valence-electron chi connectivity index (χ1n) is 6.64. The summed E-state index contributed by atoms with van der Waals surface area (Å²) in [5, 5.41) is 3.27. The Bertz CT molecular complexity index is 500. The summed E-state index contributed by atoms with van der Waals surface area (Å²) in [6.07, 6.45) is 1.61. The lowest BCUT2D eigenvalue weighted by molar-refractivity contribution is 0.358. The van der Waals surface area contributed by atoms with Crippen LogP contribution in [0, 0.1) is 0 Å². The highest BCUT2D eigenvalue weighted by Gasteiger charge is 2.21. The second-order valence-electron chi connectivity index (χ2n) is 4.91. The Morgan fingerprint density at radius 3 is 2.40 bits per heavy atom. The van der Waals surface area contributed by atoms with Gasteiger partial charge in [-0.05, 0) is 32.3 Å². The maximum Gasteiger partial charge on any atom is 0.260 e. The van der Waals surface area contributed by atoms with Crippen molar-refractivity contribution in [2.75, 3.05) is 40.8 Å². The van der Waals surface area contributed by atoms with Crippen LogP contribution in [-0.2, 0) is 16.6 Å². The minimum atomic E-state index is -3.50. The Hall–Kier alpha value is -1.02. The van der Waals surface area contributed by atoms with Crippen LogP contribution in [0.25, 0.3) is 0 Å². The van der Waals surface area contributed by atoms with Gasteiger partial charge < -0.3 is 10.2 Å². The van der Waals surface area contributed by atoms with Gasteiger partial charge in [0.15, 0.2) is 5.03 Å². The van der Waals surface area contributed by atoms with Crippen LogP contribution in [0.4, 0.5) is 0 Å². The van der Waals surface area contributed by atoms with Crippen molar-refractivity contribution in [3.63, 3.8) is 0 Å². The molecule has 0 aliphatic heterocycles. The fourth-order valence-corrected chi connectivity index (χ4v) is 2.63. The lowest BCUT2D eigenvalue weighted by Gasteiger charge is -2.19. The van der Waals surface area contributed by atoms with E-state index in [2.05, 4.69) is 10.3 Å². The zero-order valence-corrected chi connectivity index (χ0v) is 13.4. The van der Waals surface area contributed by atoms with Crippen LogP contribution in [-0.4, -0.2) is 63.4 Å². The number of aromatic nitrogens is 1. The van der Waals surface area contributed by atoms with Gasteiger partial charge in [-0.3, -0.25) is 0 Å². The molecule has 20 heavy (non-hydrogen) atoms. The van der Waals surface area contributed by atoms with E-state index >= 15 is 0 Å². The van der Waals surface area contributed by atoms with Crippen LogP contribution in [0.1, 0.15) is 12.5 Å². The Labute approximate surface area is 121 Å². The van der Waals surface area contributed by atoms with E-state index in [-0.39, 0.29) is 5.03 Å². The quantitative estimate of drug-likeness (QED) is 0.751. The molecule has 0 aliphatic rings. The number of sulfonamides is 1. The van der Waals surface area contributed by atoms with Gasteiger partial charge in [-0.15, -0.1) is 0 Å². The minimum absolute atomic E-state index is 0.0963. The zero-order valence-electron chi connectivity index (χ0n) is 12.6. The molecule has 0 fully saturated rings. The van der Waals surface area contributed by atoms with Gasteiger partial charge in [0.2, 0.25) is 0 Å². The second-order valence-corrected chi connectivity index (χ2v) is 6.91. The average molecular weight is 300 g/mol. The summed E-state index contributed by atoms with van der Waals surface area (Å²) in [4.78, 5) is 6.01. The summed E-state index contributed by atoms with van der Waals surface area (Å²) in [5.41, 5.74) is 0.974. The highest BCUT2D eigenvalue weighted by Crippen LogP contribution is 2.11. The molecule has 114 valence electrons. The zero-order chi connectivity index (χ0) is 15.2. The van der Waals surface area contributed by atoms with Crippen LogP contribution < -0.4 is 5.32 Å². The summed E-state index contributed by atoms with van der Waals surface area (Å²) >= 11 is 0. The molecule has 0 radical (unpaired) electrons. The van der Waals surface area contributed by atoms with E-state index < -0.39 is 10.0 Å². The van der Waals surface area contributed by atoms with Crippen LogP contribution in [0.15, 0.2) is 23.4 Å². The second kappa shape index (κ2) is 7.68. The number of likely N-dealkylation sites (N-methyl/N-ethyl adjacent to an activating group) is 2. The van der Waals surface area contributed by atoms with Gasteiger partial charge in [-0.2, -0.15) is 4.31 Å². The van der Waals surface area contributed by atoms with E-state index in [1.807, 2.05) is 25.9 Å². The van der Waals surface area contributed by atoms with Crippen LogP contribution in [0.5, 0.6) is 0 Å². The van der Waals surface area contributed by atoms with E-state index in [4.69, 9.17) is 0 Å². The summed E-state index contributed by atoms with van der Waals surface area (Å²) in [6.45, 7) is 4.70. The predicted octanol–water partition coefficient (Wildman–Crippen LogP) is 0.373. The molecule has 1 aromatic rings. The van der Waals surface area contributed by atoms with Gasteiger partial charge in [-0.25, -0.2) is 13.4 Å². The molecule has 1 rings (SSSR count). The fourth-order valence-electron chi connectivity index (χ4n) is 1.56. The largest absolute Gasteiger partial charge is 0.313 e.